The quantitative estimate of drug-likeness (QED) is 0.220. The molecule has 12 heteroatoms. The van der Waals surface area contributed by atoms with Crippen LogP contribution >= 0.6 is 0 Å². The van der Waals surface area contributed by atoms with Crippen LogP contribution < -0.4 is 4.74 Å². The number of benzene rings is 1. The third-order valence-corrected chi connectivity index (χ3v) is 4.76. The molecule has 1 aromatic carbocycles. The predicted octanol–water partition coefficient (Wildman–Crippen LogP) is 0.353. The maximum Gasteiger partial charge on any atom is 0.264 e. The van der Waals surface area contributed by atoms with Crippen LogP contribution in [0.3, 0.4) is 0 Å². The molecule has 0 saturated carbocycles. The Morgan fingerprint density at radius 1 is 0.667 bits per heavy atom. The van der Waals surface area contributed by atoms with E-state index >= 15 is 0 Å². The van der Waals surface area contributed by atoms with Gasteiger partial charge < -0.3 is 14.2 Å². The van der Waals surface area contributed by atoms with E-state index in [1.54, 1.807) is 0 Å². The maximum absolute atomic E-state index is 10.9. The van der Waals surface area contributed by atoms with Crippen LogP contribution in [0.5, 0.6) is 5.75 Å². The molecule has 0 spiro atoms. The SMILES string of the molecule is CS(=O)(=O)OCCOCCN(CCOCCOS(C)(=O)=O)CCOc1ccccc1. The zero-order chi connectivity index (χ0) is 22.3. The summed E-state index contributed by atoms with van der Waals surface area (Å²) in [7, 11) is -6.93. The summed E-state index contributed by atoms with van der Waals surface area (Å²) < 4.78 is 69.3. The summed E-state index contributed by atoms with van der Waals surface area (Å²) in [4.78, 5) is 2.07. The lowest BCUT2D eigenvalue weighted by Gasteiger charge is -2.22. The second-order valence-electron chi connectivity index (χ2n) is 6.28. The highest BCUT2D eigenvalue weighted by Crippen LogP contribution is 2.08. The molecule has 0 unspecified atom stereocenters. The minimum absolute atomic E-state index is 0.0284. The highest BCUT2D eigenvalue weighted by molar-refractivity contribution is 7.86. The monoisotopic (exact) mass is 469 g/mol. The fraction of sp³-hybridized carbons (Fsp3) is 0.667. The van der Waals surface area contributed by atoms with Crippen LogP contribution in [0.25, 0.3) is 0 Å². The zero-order valence-corrected chi connectivity index (χ0v) is 19.0. The third-order valence-electron chi connectivity index (χ3n) is 3.57. The van der Waals surface area contributed by atoms with Crippen molar-refractivity contribution in [2.75, 3.05) is 78.4 Å². The van der Waals surface area contributed by atoms with Crippen molar-refractivity contribution >= 4 is 20.2 Å². The van der Waals surface area contributed by atoms with Crippen molar-refractivity contribution in [2.24, 2.45) is 0 Å². The molecule has 30 heavy (non-hydrogen) atoms. The van der Waals surface area contributed by atoms with Gasteiger partial charge in [0.05, 0.1) is 52.2 Å². The Morgan fingerprint density at radius 2 is 1.13 bits per heavy atom. The maximum atomic E-state index is 10.9. The topological polar surface area (TPSA) is 118 Å². The Morgan fingerprint density at radius 3 is 1.60 bits per heavy atom. The van der Waals surface area contributed by atoms with Gasteiger partial charge >= 0.3 is 0 Å². The molecule has 1 rings (SSSR count). The normalized spacial score (nSPS) is 12.4. The summed E-state index contributed by atoms with van der Waals surface area (Å²) in [6.07, 6.45) is 1.98. The molecule has 0 aromatic heterocycles. The van der Waals surface area contributed by atoms with Gasteiger partial charge in [-0.1, -0.05) is 18.2 Å². The molecule has 0 aliphatic rings. The molecule has 0 heterocycles. The minimum atomic E-state index is -3.47. The smallest absolute Gasteiger partial charge is 0.264 e. The van der Waals surface area contributed by atoms with Crippen molar-refractivity contribution in [1.82, 2.24) is 4.90 Å². The van der Waals surface area contributed by atoms with Crippen molar-refractivity contribution < 1.29 is 39.4 Å². The summed E-state index contributed by atoms with van der Waals surface area (Å²) in [5.74, 6) is 0.779. The Bertz CT molecular complexity index is 726. The summed E-state index contributed by atoms with van der Waals surface area (Å²) in [5.41, 5.74) is 0. The summed E-state index contributed by atoms with van der Waals surface area (Å²) in [5, 5.41) is 0. The van der Waals surface area contributed by atoms with Crippen LogP contribution in [0.1, 0.15) is 0 Å². The lowest BCUT2D eigenvalue weighted by molar-refractivity contribution is 0.0528. The second-order valence-corrected chi connectivity index (χ2v) is 9.57. The number of ether oxygens (including phenoxy) is 3. The van der Waals surface area contributed by atoms with E-state index in [0.29, 0.717) is 39.5 Å². The van der Waals surface area contributed by atoms with E-state index < -0.39 is 20.2 Å². The van der Waals surface area contributed by atoms with Crippen molar-refractivity contribution in [1.29, 1.82) is 0 Å². The molecule has 0 aliphatic carbocycles. The third kappa shape index (κ3) is 16.5. The van der Waals surface area contributed by atoms with Crippen molar-refractivity contribution in [2.45, 2.75) is 0 Å². The molecule has 0 saturated heterocycles. The van der Waals surface area contributed by atoms with Gasteiger partial charge in [-0.05, 0) is 12.1 Å². The number of nitrogens with zero attached hydrogens (tertiary/aromatic N) is 1. The molecule has 0 fully saturated rings. The molecule has 174 valence electrons. The van der Waals surface area contributed by atoms with E-state index in [1.807, 2.05) is 30.3 Å². The second kappa shape index (κ2) is 14.7. The fourth-order valence-corrected chi connectivity index (χ4v) is 2.97. The first-order valence-corrected chi connectivity index (χ1v) is 13.0. The van der Waals surface area contributed by atoms with Crippen LogP contribution in [0.15, 0.2) is 30.3 Å². The Balaban J connectivity index is 2.29. The molecule has 1 aromatic rings. The summed E-state index contributed by atoms with van der Waals surface area (Å²) >= 11 is 0. The van der Waals surface area contributed by atoms with Crippen LogP contribution in [-0.4, -0.2) is 100 Å². The van der Waals surface area contributed by atoms with Gasteiger partial charge in [-0.15, -0.1) is 0 Å². The van der Waals surface area contributed by atoms with Crippen LogP contribution in [-0.2, 0) is 38.1 Å². The fourth-order valence-electron chi connectivity index (χ4n) is 2.22. The van der Waals surface area contributed by atoms with Gasteiger partial charge in [-0.2, -0.15) is 16.8 Å². The van der Waals surface area contributed by atoms with Gasteiger partial charge in [0.1, 0.15) is 12.4 Å². The number of hydrogen-bond acceptors (Lipinski definition) is 10. The van der Waals surface area contributed by atoms with E-state index in [4.69, 9.17) is 14.2 Å². The van der Waals surface area contributed by atoms with Crippen LogP contribution in [0.4, 0.5) is 0 Å². The first-order chi connectivity index (χ1) is 14.2. The largest absolute Gasteiger partial charge is 0.492 e. The van der Waals surface area contributed by atoms with Gasteiger partial charge in [-0.3, -0.25) is 13.3 Å². The van der Waals surface area contributed by atoms with Crippen molar-refractivity contribution in [3.63, 3.8) is 0 Å². The standard InChI is InChI=1S/C18H31NO9S2/c1-29(20,21)27-16-14-24-11-8-19(9-12-25-15-17-28-30(2,22)23)10-13-26-18-6-4-3-5-7-18/h3-7H,8-17H2,1-2H3. The van der Waals surface area contributed by atoms with E-state index in [1.165, 1.54) is 0 Å². The van der Waals surface area contributed by atoms with Crippen LogP contribution in [0.2, 0.25) is 0 Å². The number of para-hydroxylation sites is 1. The van der Waals surface area contributed by atoms with Gasteiger partial charge in [0.15, 0.2) is 0 Å². The number of rotatable bonds is 18. The first-order valence-electron chi connectivity index (χ1n) is 9.40. The van der Waals surface area contributed by atoms with E-state index in [2.05, 4.69) is 13.3 Å². The molecule has 10 nitrogen and oxygen atoms in total. The molecule has 0 N–H and O–H groups in total. The molecule has 0 radical (unpaired) electrons. The van der Waals surface area contributed by atoms with Crippen molar-refractivity contribution in [3.8, 4) is 5.75 Å². The Kier molecular flexibility index (Phi) is 13.1. The zero-order valence-electron chi connectivity index (χ0n) is 17.4. The molecule has 0 atom stereocenters. The Labute approximate surface area is 179 Å². The van der Waals surface area contributed by atoms with E-state index in [9.17, 15) is 16.8 Å². The van der Waals surface area contributed by atoms with E-state index in [-0.39, 0.29) is 26.4 Å². The lowest BCUT2D eigenvalue weighted by atomic mass is 10.3. The summed E-state index contributed by atoms with van der Waals surface area (Å²) in [6, 6.07) is 9.45. The minimum Gasteiger partial charge on any atom is -0.492 e. The average Bonchev–Trinajstić information content (AvgIpc) is 2.65. The lowest BCUT2D eigenvalue weighted by Crippen LogP contribution is -2.35. The Hall–Kier alpha value is -1.28. The summed E-state index contributed by atoms with van der Waals surface area (Å²) in [6.45, 7) is 3.31. The van der Waals surface area contributed by atoms with Gasteiger partial charge in [0, 0.05) is 19.6 Å². The van der Waals surface area contributed by atoms with Crippen LogP contribution in [0, 0.1) is 0 Å². The predicted molar refractivity (Wildman–Crippen MR) is 112 cm³/mol. The van der Waals surface area contributed by atoms with E-state index in [0.717, 1.165) is 18.3 Å². The number of hydrogen-bond donors (Lipinski definition) is 0. The van der Waals surface area contributed by atoms with Gasteiger partial charge in [0.2, 0.25) is 0 Å². The van der Waals surface area contributed by atoms with Crippen molar-refractivity contribution in [3.05, 3.63) is 30.3 Å². The molecule has 0 aliphatic heterocycles. The average molecular weight is 470 g/mol. The molecular weight excluding hydrogens is 438 g/mol. The molecular formula is C18H31NO9S2. The molecule has 0 bridgehead atoms. The molecule has 0 amide bonds. The highest BCUT2D eigenvalue weighted by atomic mass is 32.2. The first kappa shape index (κ1) is 26.8. The van der Waals surface area contributed by atoms with Gasteiger partial charge in [0.25, 0.3) is 20.2 Å². The highest BCUT2D eigenvalue weighted by Gasteiger charge is 2.07. The van der Waals surface area contributed by atoms with Gasteiger partial charge in [-0.25, -0.2) is 0 Å².